The second-order valence-electron chi connectivity index (χ2n) is 5.56. The first-order valence-corrected chi connectivity index (χ1v) is 8.38. The van der Waals surface area contributed by atoms with Crippen LogP contribution < -0.4 is 10.1 Å². The van der Waals surface area contributed by atoms with Crippen LogP contribution in [-0.2, 0) is 6.42 Å². The summed E-state index contributed by atoms with van der Waals surface area (Å²) in [5.41, 5.74) is 1.01. The molecule has 2 aromatic rings. The van der Waals surface area contributed by atoms with Crippen molar-refractivity contribution in [3.8, 4) is 5.75 Å². The highest BCUT2D eigenvalue weighted by Crippen LogP contribution is 2.22. The van der Waals surface area contributed by atoms with Gasteiger partial charge in [-0.15, -0.1) is 11.3 Å². The average Bonchev–Trinajstić information content (AvgIpc) is 3.05. The van der Waals surface area contributed by atoms with Crippen LogP contribution in [0.4, 0.5) is 0 Å². The Morgan fingerprint density at radius 2 is 2.12 bits per heavy atom. The highest BCUT2D eigenvalue weighted by Gasteiger charge is 2.13. The molecule has 1 amide bonds. The fourth-order valence-corrected chi connectivity index (χ4v) is 2.98. The number of carboxylic acids is 1. The van der Waals surface area contributed by atoms with Crippen LogP contribution in [-0.4, -0.2) is 35.6 Å². The number of benzene rings is 1. The Morgan fingerprint density at radius 3 is 2.71 bits per heavy atom. The molecule has 2 rings (SSSR count). The Kier molecular flexibility index (Phi) is 5.92. The monoisotopic (exact) mass is 348 g/mol. The fraction of sp³-hybridized carbons (Fsp3) is 0.353. The molecule has 0 aliphatic rings. The van der Waals surface area contributed by atoms with Crippen molar-refractivity contribution >= 4 is 23.2 Å². The Hall–Kier alpha value is -2.41. The zero-order chi connectivity index (χ0) is 17.7. The second kappa shape index (κ2) is 7.92. The minimum atomic E-state index is -1.00. The molecule has 0 atom stereocenters. The summed E-state index contributed by atoms with van der Waals surface area (Å²) < 4.78 is 5.22. The first-order valence-electron chi connectivity index (χ1n) is 7.56. The largest absolute Gasteiger partial charge is 0.496 e. The lowest BCUT2D eigenvalue weighted by molar-refractivity contribution is 0.0696. The SMILES string of the molecule is COc1cc(C(=O)O)ccc1CCNC(=O)c1cnc(C(C)C)s1. The number of carbonyl (C=O) groups excluding carboxylic acids is 1. The van der Waals surface area contributed by atoms with Gasteiger partial charge in [0.25, 0.3) is 5.91 Å². The number of hydrogen-bond donors (Lipinski definition) is 2. The van der Waals surface area contributed by atoms with Crippen LogP contribution in [0.2, 0.25) is 0 Å². The van der Waals surface area contributed by atoms with Crippen molar-refractivity contribution < 1.29 is 19.4 Å². The van der Waals surface area contributed by atoms with Crippen molar-refractivity contribution in [3.05, 3.63) is 45.4 Å². The summed E-state index contributed by atoms with van der Waals surface area (Å²) in [6.45, 7) is 4.50. The summed E-state index contributed by atoms with van der Waals surface area (Å²) in [7, 11) is 1.49. The molecular weight excluding hydrogens is 328 g/mol. The van der Waals surface area contributed by atoms with E-state index in [1.165, 1.54) is 30.6 Å². The van der Waals surface area contributed by atoms with Gasteiger partial charge in [0.05, 0.1) is 23.9 Å². The molecule has 1 aromatic carbocycles. The molecule has 24 heavy (non-hydrogen) atoms. The topological polar surface area (TPSA) is 88.5 Å². The van der Waals surface area contributed by atoms with E-state index in [1.54, 1.807) is 12.3 Å². The van der Waals surface area contributed by atoms with Crippen molar-refractivity contribution in [2.45, 2.75) is 26.2 Å². The average molecular weight is 348 g/mol. The number of aromatic carboxylic acids is 1. The number of rotatable bonds is 7. The number of nitrogens with zero attached hydrogens (tertiary/aromatic N) is 1. The van der Waals surface area contributed by atoms with Gasteiger partial charge in [-0.25, -0.2) is 9.78 Å². The second-order valence-corrected chi connectivity index (χ2v) is 6.62. The summed E-state index contributed by atoms with van der Waals surface area (Å²) >= 11 is 1.40. The van der Waals surface area contributed by atoms with Gasteiger partial charge in [-0.2, -0.15) is 0 Å². The van der Waals surface area contributed by atoms with Crippen molar-refractivity contribution in [1.82, 2.24) is 10.3 Å². The van der Waals surface area contributed by atoms with E-state index in [0.717, 1.165) is 10.6 Å². The molecule has 7 heteroatoms. The van der Waals surface area contributed by atoms with Gasteiger partial charge in [-0.05, 0) is 24.1 Å². The van der Waals surface area contributed by atoms with E-state index < -0.39 is 5.97 Å². The Morgan fingerprint density at radius 1 is 1.38 bits per heavy atom. The van der Waals surface area contributed by atoms with Crippen molar-refractivity contribution in [2.75, 3.05) is 13.7 Å². The first kappa shape index (κ1) is 17.9. The van der Waals surface area contributed by atoms with E-state index in [1.807, 2.05) is 13.8 Å². The maximum atomic E-state index is 12.1. The van der Waals surface area contributed by atoms with Gasteiger partial charge in [0.2, 0.25) is 0 Å². The third-order valence-electron chi connectivity index (χ3n) is 3.46. The van der Waals surface area contributed by atoms with Gasteiger partial charge in [0.1, 0.15) is 10.6 Å². The van der Waals surface area contributed by atoms with Crippen molar-refractivity contribution in [3.63, 3.8) is 0 Å². The number of amides is 1. The van der Waals surface area contributed by atoms with Crippen molar-refractivity contribution in [2.24, 2.45) is 0 Å². The van der Waals surface area contributed by atoms with Crippen LogP contribution in [0.25, 0.3) is 0 Å². The lowest BCUT2D eigenvalue weighted by Gasteiger charge is -2.10. The summed E-state index contributed by atoms with van der Waals surface area (Å²) in [5.74, 6) is -0.350. The summed E-state index contributed by atoms with van der Waals surface area (Å²) in [6.07, 6.45) is 2.14. The van der Waals surface area contributed by atoms with E-state index in [-0.39, 0.29) is 11.5 Å². The lowest BCUT2D eigenvalue weighted by atomic mass is 10.1. The molecule has 0 unspecified atom stereocenters. The van der Waals surface area contributed by atoms with Crippen LogP contribution in [0.15, 0.2) is 24.4 Å². The van der Waals surface area contributed by atoms with E-state index in [2.05, 4.69) is 10.3 Å². The molecule has 0 bridgehead atoms. The van der Waals surface area contributed by atoms with Crippen LogP contribution in [0, 0.1) is 0 Å². The molecule has 0 spiro atoms. The summed E-state index contributed by atoms with van der Waals surface area (Å²) in [4.78, 5) is 27.9. The first-order chi connectivity index (χ1) is 11.4. The number of nitrogens with one attached hydrogen (secondary N) is 1. The minimum Gasteiger partial charge on any atom is -0.496 e. The molecule has 6 nitrogen and oxygen atoms in total. The van der Waals surface area contributed by atoms with Gasteiger partial charge in [0, 0.05) is 12.5 Å². The number of carboxylic acid groups (broad SMARTS) is 1. The van der Waals surface area contributed by atoms with E-state index >= 15 is 0 Å². The van der Waals surface area contributed by atoms with Crippen LogP contribution in [0.3, 0.4) is 0 Å². The molecule has 1 aromatic heterocycles. The van der Waals surface area contributed by atoms with E-state index in [4.69, 9.17) is 9.84 Å². The number of aromatic nitrogens is 1. The van der Waals surface area contributed by atoms with Gasteiger partial charge < -0.3 is 15.2 Å². The van der Waals surface area contributed by atoms with Crippen LogP contribution in [0.1, 0.15) is 50.4 Å². The smallest absolute Gasteiger partial charge is 0.335 e. The minimum absolute atomic E-state index is 0.152. The molecule has 0 aliphatic carbocycles. The molecule has 0 aliphatic heterocycles. The molecule has 2 N–H and O–H groups in total. The normalized spacial score (nSPS) is 10.7. The number of methoxy groups -OCH3 is 1. The van der Waals surface area contributed by atoms with Gasteiger partial charge in [-0.1, -0.05) is 19.9 Å². The Balaban J connectivity index is 1.95. The number of ether oxygens (including phenoxy) is 1. The van der Waals surface area contributed by atoms with E-state index in [9.17, 15) is 9.59 Å². The van der Waals surface area contributed by atoms with Gasteiger partial charge in [-0.3, -0.25) is 4.79 Å². The summed E-state index contributed by atoms with van der Waals surface area (Å²) in [5, 5.41) is 12.8. The van der Waals surface area contributed by atoms with Crippen LogP contribution >= 0.6 is 11.3 Å². The van der Waals surface area contributed by atoms with Crippen molar-refractivity contribution in [1.29, 1.82) is 0 Å². The van der Waals surface area contributed by atoms with Gasteiger partial charge >= 0.3 is 5.97 Å². The lowest BCUT2D eigenvalue weighted by Crippen LogP contribution is -2.25. The molecular formula is C17H20N2O4S. The number of hydrogen-bond acceptors (Lipinski definition) is 5. The summed E-state index contributed by atoms with van der Waals surface area (Å²) in [6, 6.07) is 4.72. The molecule has 0 fully saturated rings. The third-order valence-corrected chi connectivity index (χ3v) is 4.75. The predicted octanol–water partition coefficient (Wildman–Crippen LogP) is 2.95. The maximum Gasteiger partial charge on any atom is 0.335 e. The molecule has 0 saturated carbocycles. The zero-order valence-electron chi connectivity index (χ0n) is 13.8. The van der Waals surface area contributed by atoms with Crippen LogP contribution in [0.5, 0.6) is 5.75 Å². The quantitative estimate of drug-likeness (QED) is 0.803. The molecule has 0 saturated heterocycles. The highest BCUT2D eigenvalue weighted by atomic mass is 32.1. The standard InChI is InChI=1S/C17H20N2O4S/c1-10(2)16-19-9-14(24-16)15(20)18-7-6-11-4-5-12(17(21)22)8-13(11)23-3/h4-5,8-10H,6-7H2,1-3H3,(H,18,20)(H,21,22). The van der Waals surface area contributed by atoms with E-state index in [0.29, 0.717) is 29.5 Å². The third kappa shape index (κ3) is 4.32. The fourth-order valence-electron chi connectivity index (χ4n) is 2.14. The zero-order valence-corrected chi connectivity index (χ0v) is 14.6. The molecule has 1 heterocycles. The number of thiazole rings is 1. The Labute approximate surface area is 144 Å². The number of carbonyl (C=O) groups is 2. The maximum absolute atomic E-state index is 12.1. The molecule has 0 radical (unpaired) electrons. The molecule has 128 valence electrons. The predicted molar refractivity (Wildman–Crippen MR) is 92.2 cm³/mol. The van der Waals surface area contributed by atoms with Gasteiger partial charge in [0.15, 0.2) is 0 Å². The highest BCUT2D eigenvalue weighted by molar-refractivity contribution is 7.13. The Bertz CT molecular complexity index is 740.